The molecule has 7 nitrogen and oxygen atoms in total. The zero-order valence-electron chi connectivity index (χ0n) is 13.9. The Morgan fingerprint density at radius 1 is 1.46 bits per heavy atom. The first-order valence-corrected chi connectivity index (χ1v) is 7.69. The van der Waals surface area contributed by atoms with E-state index < -0.39 is 5.60 Å². The van der Waals surface area contributed by atoms with Gasteiger partial charge in [-0.25, -0.2) is 0 Å². The van der Waals surface area contributed by atoms with Crippen molar-refractivity contribution in [2.45, 2.75) is 25.9 Å². The van der Waals surface area contributed by atoms with E-state index >= 15 is 0 Å². The molecule has 2 N–H and O–H groups in total. The molecule has 1 aliphatic heterocycles. The summed E-state index contributed by atoms with van der Waals surface area (Å²) in [5, 5.41) is 13.8. The second-order valence-corrected chi connectivity index (χ2v) is 6.13. The van der Waals surface area contributed by atoms with Crippen LogP contribution >= 0.6 is 0 Å². The minimum Gasteiger partial charge on any atom is -0.497 e. The number of benzene rings is 1. The van der Waals surface area contributed by atoms with Crippen molar-refractivity contribution in [1.29, 1.82) is 0 Å². The van der Waals surface area contributed by atoms with Gasteiger partial charge in [0.2, 0.25) is 0 Å². The minimum absolute atomic E-state index is 0.231. The first kappa shape index (κ1) is 16.0. The number of methoxy groups -OCH3 is 1. The van der Waals surface area contributed by atoms with Crippen molar-refractivity contribution < 1.29 is 14.4 Å². The standard InChI is InChI=1S/C17H20N4O3/c1-11-9-17(2,24-21-11)10-18-16(22)15-8-14(19-20-15)12-5-4-6-13(7-12)23-3/h4-8H,9-10H2,1-3H3,(H,18,22)(H,19,20). The molecule has 1 aromatic carbocycles. The molecule has 2 heterocycles. The highest BCUT2D eigenvalue weighted by Crippen LogP contribution is 2.24. The maximum atomic E-state index is 12.3. The van der Waals surface area contributed by atoms with E-state index in [-0.39, 0.29) is 5.91 Å². The van der Waals surface area contributed by atoms with Crippen LogP contribution in [0.15, 0.2) is 35.5 Å². The molecule has 0 radical (unpaired) electrons. The number of ether oxygens (including phenoxy) is 1. The van der Waals surface area contributed by atoms with Crippen LogP contribution < -0.4 is 10.1 Å². The Balaban J connectivity index is 1.65. The van der Waals surface area contributed by atoms with Crippen molar-refractivity contribution in [3.05, 3.63) is 36.0 Å². The average molecular weight is 328 g/mol. The first-order chi connectivity index (χ1) is 11.5. The fraction of sp³-hybridized carbons (Fsp3) is 0.353. The van der Waals surface area contributed by atoms with Gasteiger partial charge in [-0.3, -0.25) is 9.89 Å². The van der Waals surface area contributed by atoms with E-state index in [9.17, 15) is 4.79 Å². The summed E-state index contributed by atoms with van der Waals surface area (Å²) < 4.78 is 5.20. The molecule has 1 atom stereocenters. The van der Waals surface area contributed by atoms with Gasteiger partial charge in [-0.2, -0.15) is 5.10 Å². The first-order valence-electron chi connectivity index (χ1n) is 7.69. The molecule has 1 aromatic heterocycles. The predicted molar refractivity (Wildman–Crippen MR) is 90.1 cm³/mol. The predicted octanol–water partition coefficient (Wildman–Crippen LogP) is 2.37. The van der Waals surface area contributed by atoms with Crippen LogP contribution in [0, 0.1) is 0 Å². The molecule has 0 saturated carbocycles. The van der Waals surface area contributed by atoms with Crippen molar-refractivity contribution in [2.75, 3.05) is 13.7 Å². The molecular formula is C17H20N4O3. The van der Waals surface area contributed by atoms with Gasteiger partial charge in [0.1, 0.15) is 11.4 Å². The van der Waals surface area contributed by atoms with Gasteiger partial charge >= 0.3 is 0 Å². The largest absolute Gasteiger partial charge is 0.497 e. The Hall–Kier alpha value is -2.83. The number of hydrogen-bond donors (Lipinski definition) is 2. The maximum Gasteiger partial charge on any atom is 0.269 e. The second-order valence-electron chi connectivity index (χ2n) is 6.13. The van der Waals surface area contributed by atoms with Crippen LogP contribution in [0.3, 0.4) is 0 Å². The number of nitrogens with zero attached hydrogens (tertiary/aromatic N) is 2. The van der Waals surface area contributed by atoms with Crippen LogP contribution in [-0.4, -0.2) is 41.1 Å². The molecule has 1 aliphatic rings. The number of hydrogen-bond acceptors (Lipinski definition) is 5. The van der Waals surface area contributed by atoms with Gasteiger partial charge in [0, 0.05) is 12.0 Å². The van der Waals surface area contributed by atoms with Gasteiger partial charge in [-0.1, -0.05) is 17.3 Å². The Labute approximate surface area is 140 Å². The van der Waals surface area contributed by atoms with E-state index in [2.05, 4.69) is 20.7 Å². The lowest BCUT2D eigenvalue weighted by Gasteiger charge is -2.21. The number of rotatable bonds is 5. The van der Waals surface area contributed by atoms with Crippen LogP contribution in [0.1, 0.15) is 30.8 Å². The van der Waals surface area contributed by atoms with Crippen LogP contribution in [0.4, 0.5) is 0 Å². The smallest absolute Gasteiger partial charge is 0.269 e. The van der Waals surface area contributed by atoms with E-state index in [4.69, 9.17) is 9.57 Å². The monoisotopic (exact) mass is 328 g/mol. The second kappa shape index (κ2) is 6.35. The number of nitrogens with one attached hydrogen (secondary N) is 2. The summed E-state index contributed by atoms with van der Waals surface area (Å²) in [6.45, 7) is 4.20. The van der Waals surface area contributed by atoms with E-state index in [1.54, 1.807) is 13.2 Å². The summed E-state index contributed by atoms with van der Waals surface area (Å²) in [5.41, 5.74) is 2.39. The van der Waals surface area contributed by atoms with Gasteiger partial charge in [0.25, 0.3) is 5.91 Å². The lowest BCUT2D eigenvalue weighted by molar-refractivity contribution is -0.00185. The van der Waals surface area contributed by atoms with E-state index in [0.29, 0.717) is 24.4 Å². The van der Waals surface area contributed by atoms with Gasteiger partial charge in [-0.15, -0.1) is 0 Å². The quantitative estimate of drug-likeness (QED) is 0.882. The number of aromatic amines is 1. The van der Waals surface area contributed by atoms with Gasteiger partial charge in [0.15, 0.2) is 5.60 Å². The summed E-state index contributed by atoms with van der Waals surface area (Å²) >= 11 is 0. The van der Waals surface area contributed by atoms with Crippen LogP contribution in [0.2, 0.25) is 0 Å². The highest BCUT2D eigenvalue weighted by Gasteiger charge is 2.33. The average Bonchev–Trinajstić information content (AvgIpc) is 3.20. The molecule has 0 saturated heterocycles. The zero-order chi connectivity index (χ0) is 17.2. The highest BCUT2D eigenvalue weighted by atomic mass is 16.7. The van der Waals surface area contributed by atoms with Crippen molar-refractivity contribution in [1.82, 2.24) is 15.5 Å². The molecule has 24 heavy (non-hydrogen) atoms. The van der Waals surface area contributed by atoms with E-state index in [1.165, 1.54) is 0 Å². The third-order valence-corrected chi connectivity index (χ3v) is 3.86. The van der Waals surface area contributed by atoms with E-state index in [0.717, 1.165) is 17.0 Å². The fourth-order valence-corrected chi connectivity index (χ4v) is 2.62. The molecule has 0 bridgehead atoms. The molecule has 3 rings (SSSR count). The van der Waals surface area contributed by atoms with Gasteiger partial charge in [0.05, 0.1) is 25.1 Å². The Kier molecular flexibility index (Phi) is 4.24. The van der Waals surface area contributed by atoms with E-state index in [1.807, 2.05) is 38.1 Å². The molecule has 7 heteroatoms. The van der Waals surface area contributed by atoms with Crippen molar-refractivity contribution in [3.63, 3.8) is 0 Å². The summed E-state index contributed by atoms with van der Waals surface area (Å²) in [4.78, 5) is 17.7. The minimum atomic E-state index is -0.491. The van der Waals surface area contributed by atoms with Crippen molar-refractivity contribution in [3.8, 4) is 17.0 Å². The fourth-order valence-electron chi connectivity index (χ4n) is 2.62. The third kappa shape index (κ3) is 3.40. The zero-order valence-corrected chi connectivity index (χ0v) is 13.9. The normalized spacial score (nSPS) is 19.5. The molecule has 0 aliphatic carbocycles. The number of oxime groups is 1. The lowest BCUT2D eigenvalue weighted by atomic mass is 10.0. The third-order valence-electron chi connectivity index (χ3n) is 3.86. The molecule has 0 fully saturated rings. The number of amides is 1. The molecular weight excluding hydrogens is 308 g/mol. The summed E-state index contributed by atoms with van der Waals surface area (Å²) in [5.74, 6) is 0.509. The van der Waals surface area contributed by atoms with Crippen LogP contribution in [0.5, 0.6) is 5.75 Å². The molecule has 1 amide bonds. The maximum absolute atomic E-state index is 12.3. The molecule has 2 aromatic rings. The van der Waals surface area contributed by atoms with Crippen molar-refractivity contribution in [2.24, 2.45) is 5.16 Å². The lowest BCUT2D eigenvalue weighted by Crippen LogP contribution is -2.40. The number of H-pyrrole nitrogens is 1. The number of carbonyl (C=O) groups is 1. The number of carbonyl (C=O) groups excluding carboxylic acids is 1. The number of aromatic nitrogens is 2. The Bertz CT molecular complexity index is 784. The Morgan fingerprint density at radius 2 is 2.29 bits per heavy atom. The van der Waals surface area contributed by atoms with Crippen LogP contribution in [-0.2, 0) is 4.84 Å². The Morgan fingerprint density at radius 3 is 3.00 bits per heavy atom. The molecule has 1 unspecified atom stereocenters. The van der Waals surface area contributed by atoms with Gasteiger partial charge in [-0.05, 0) is 32.0 Å². The SMILES string of the molecule is COc1cccc(-c2cc(C(=O)NCC3(C)CC(C)=NO3)[nH]n2)c1. The molecule has 0 spiro atoms. The summed E-state index contributed by atoms with van der Waals surface area (Å²) in [6.07, 6.45) is 0.700. The topological polar surface area (TPSA) is 88.6 Å². The summed E-state index contributed by atoms with van der Waals surface area (Å²) in [6, 6.07) is 9.22. The van der Waals surface area contributed by atoms with Crippen LogP contribution in [0.25, 0.3) is 11.3 Å². The van der Waals surface area contributed by atoms with Gasteiger partial charge < -0.3 is 14.9 Å². The van der Waals surface area contributed by atoms with Crippen molar-refractivity contribution >= 4 is 11.6 Å². The highest BCUT2D eigenvalue weighted by molar-refractivity contribution is 5.93. The summed E-state index contributed by atoms with van der Waals surface area (Å²) in [7, 11) is 1.61. The molecule has 126 valence electrons.